The second-order valence-electron chi connectivity index (χ2n) is 9.71. The summed E-state index contributed by atoms with van der Waals surface area (Å²) in [6, 6.07) is 13.4. The Morgan fingerprint density at radius 3 is 2.57 bits per heavy atom. The van der Waals surface area contributed by atoms with Crippen molar-refractivity contribution in [3.63, 3.8) is 0 Å². The monoisotopic (exact) mass is 564 g/mol. The summed E-state index contributed by atoms with van der Waals surface area (Å²) in [7, 11) is 0. The Bertz CT molecular complexity index is 1330. The van der Waals surface area contributed by atoms with Crippen molar-refractivity contribution in [2.75, 3.05) is 26.2 Å². The molecule has 37 heavy (non-hydrogen) atoms. The number of hydrogen-bond donors (Lipinski definition) is 1. The van der Waals surface area contributed by atoms with Crippen LogP contribution in [0.3, 0.4) is 0 Å². The molecule has 1 N–H and O–H groups in total. The maximum atomic E-state index is 10.7. The highest BCUT2D eigenvalue weighted by Gasteiger charge is 2.23. The number of benzene rings is 2. The molecule has 0 spiro atoms. The lowest BCUT2D eigenvalue weighted by atomic mass is 9.89. The molecule has 2 aromatic carbocycles. The lowest BCUT2D eigenvalue weighted by Gasteiger charge is -2.33. The lowest BCUT2D eigenvalue weighted by Crippen LogP contribution is -2.40. The summed E-state index contributed by atoms with van der Waals surface area (Å²) in [5.74, 6) is 3.18. The van der Waals surface area contributed by atoms with Gasteiger partial charge in [-0.3, -0.25) is 0 Å². The lowest BCUT2D eigenvalue weighted by molar-refractivity contribution is 0.0599. The molecule has 3 heterocycles. The van der Waals surface area contributed by atoms with E-state index >= 15 is 0 Å². The van der Waals surface area contributed by atoms with Gasteiger partial charge in [0.1, 0.15) is 29.8 Å². The maximum absolute atomic E-state index is 10.7. The molecule has 2 aromatic heterocycles. The smallest absolute Gasteiger partial charge is 0.263 e. The van der Waals surface area contributed by atoms with Gasteiger partial charge in [0, 0.05) is 18.5 Å². The number of piperidine rings is 1. The van der Waals surface area contributed by atoms with Crippen molar-refractivity contribution >= 4 is 46.6 Å². The van der Waals surface area contributed by atoms with E-state index in [0.717, 1.165) is 37.1 Å². The summed E-state index contributed by atoms with van der Waals surface area (Å²) < 4.78 is 17.8. The van der Waals surface area contributed by atoms with Crippen LogP contribution in [0.4, 0.5) is 0 Å². The van der Waals surface area contributed by atoms with Crippen LogP contribution in [0, 0.1) is 0 Å². The molecule has 4 aromatic rings. The minimum Gasteiger partial charge on any atom is -0.490 e. The van der Waals surface area contributed by atoms with Gasteiger partial charge in [0.2, 0.25) is 0 Å². The first-order valence-corrected chi connectivity index (χ1v) is 13.1. The number of ether oxygens (including phenoxy) is 1. The molecule has 1 fully saturated rings. The highest BCUT2D eigenvalue weighted by atomic mass is 35.5. The zero-order chi connectivity index (χ0) is 25.2. The molecule has 198 valence electrons. The second-order valence-corrected chi connectivity index (χ2v) is 10.5. The van der Waals surface area contributed by atoms with Crippen LogP contribution in [0.25, 0.3) is 22.6 Å². The number of aliphatic hydroxyl groups excluding tert-OH is 1. The number of oxazole rings is 1. The summed E-state index contributed by atoms with van der Waals surface area (Å²) in [6.07, 6.45) is 3.16. The molecule has 1 aliphatic heterocycles. The van der Waals surface area contributed by atoms with Gasteiger partial charge in [-0.15, -0.1) is 12.4 Å². The van der Waals surface area contributed by atoms with Crippen LogP contribution in [0.15, 0.2) is 57.5 Å². The standard InChI is InChI=1S/C28H30Cl2N2O4.ClH/c1-17(2)27-14-31-28(36-27)26-13-21-24(4-3-5-25(21)35-26)34-16-20(33)15-32-10-8-18(9-11-32)19-6-7-22(29)23(30)12-19;/h3-7,12-14,17-18,20,33H,8-11,15-16H2,1-2H3;1H/t20-;/m0./s1. The summed E-state index contributed by atoms with van der Waals surface area (Å²) >= 11 is 12.2. The summed E-state index contributed by atoms with van der Waals surface area (Å²) in [4.78, 5) is 6.63. The number of aliphatic hydroxyl groups is 1. The number of likely N-dealkylation sites (tertiary alicyclic amines) is 1. The topological polar surface area (TPSA) is 71.9 Å². The normalized spacial score (nSPS) is 15.7. The first kappa shape index (κ1) is 27.8. The second kappa shape index (κ2) is 12.1. The SMILES string of the molecule is CC(C)c1cnc(-c2cc3c(OC[C@@H](O)CN4CCC(c5ccc(Cl)c(Cl)c5)CC4)cccc3o2)o1.Cl. The van der Waals surface area contributed by atoms with Crippen LogP contribution in [0.1, 0.15) is 49.8 Å². The summed E-state index contributed by atoms with van der Waals surface area (Å²) in [5.41, 5.74) is 1.91. The predicted molar refractivity (Wildman–Crippen MR) is 149 cm³/mol. The number of fused-ring (bicyclic) bond motifs is 1. The number of halogens is 3. The number of hydrogen-bond acceptors (Lipinski definition) is 6. The van der Waals surface area contributed by atoms with E-state index in [9.17, 15) is 5.11 Å². The fourth-order valence-corrected chi connectivity index (χ4v) is 4.99. The Morgan fingerprint density at radius 2 is 1.86 bits per heavy atom. The molecule has 1 aliphatic rings. The van der Waals surface area contributed by atoms with Crippen LogP contribution in [0.2, 0.25) is 10.0 Å². The average Bonchev–Trinajstić information content (AvgIpc) is 3.53. The molecule has 0 aliphatic carbocycles. The predicted octanol–water partition coefficient (Wildman–Crippen LogP) is 7.56. The van der Waals surface area contributed by atoms with Gasteiger partial charge in [-0.25, -0.2) is 4.98 Å². The van der Waals surface area contributed by atoms with E-state index in [4.69, 9.17) is 36.8 Å². The van der Waals surface area contributed by atoms with E-state index in [1.54, 1.807) is 6.20 Å². The Labute approximate surface area is 232 Å². The molecule has 1 saturated heterocycles. The quantitative estimate of drug-likeness (QED) is 0.238. The van der Waals surface area contributed by atoms with Gasteiger partial charge in [-0.05, 0) is 61.7 Å². The number of furan rings is 1. The first-order chi connectivity index (χ1) is 17.4. The fourth-order valence-electron chi connectivity index (χ4n) is 4.68. The van der Waals surface area contributed by atoms with E-state index in [1.807, 2.05) is 36.4 Å². The minimum atomic E-state index is -0.603. The largest absolute Gasteiger partial charge is 0.490 e. The van der Waals surface area contributed by atoms with Crippen LogP contribution in [-0.4, -0.2) is 47.3 Å². The zero-order valence-corrected chi connectivity index (χ0v) is 23.2. The Hall–Kier alpha value is -2.22. The molecule has 0 bridgehead atoms. The third-order valence-corrected chi connectivity index (χ3v) is 7.47. The van der Waals surface area contributed by atoms with E-state index in [2.05, 4.69) is 29.8 Å². The van der Waals surface area contributed by atoms with Gasteiger partial charge in [0.15, 0.2) is 5.76 Å². The number of rotatable bonds is 8. The van der Waals surface area contributed by atoms with Gasteiger partial charge < -0.3 is 23.6 Å². The minimum absolute atomic E-state index is 0. The van der Waals surface area contributed by atoms with Crippen LogP contribution < -0.4 is 4.74 Å². The van der Waals surface area contributed by atoms with Crippen LogP contribution in [0.5, 0.6) is 5.75 Å². The van der Waals surface area contributed by atoms with Crippen LogP contribution in [-0.2, 0) is 0 Å². The molecule has 9 heteroatoms. The molecular weight excluding hydrogens is 535 g/mol. The van der Waals surface area contributed by atoms with Gasteiger partial charge in [-0.2, -0.15) is 0 Å². The van der Waals surface area contributed by atoms with Crippen LogP contribution >= 0.6 is 35.6 Å². The molecule has 6 nitrogen and oxygen atoms in total. The maximum Gasteiger partial charge on any atom is 0.263 e. The summed E-state index contributed by atoms with van der Waals surface area (Å²) in [5, 5.41) is 12.7. The summed E-state index contributed by atoms with van der Waals surface area (Å²) in [6.45, 7) is 6.70. The molecule has 0 saturated carbocycles. The van der Waals surface area contributed by atoms with Gasteiger partial charge in [0.05, 0.1) is 21.6 Å². The highest BCUT2D eigenvalue weighted by Crippen LogP contribution is 2.35. The van der Waals surface area contributed by atoms with E-state index in [-0.39, 0.29) is 24.9 Å². The molecular formula is C28H31Cl3N2O4. The van der Waals surface area contributed by atoms with Crippen molar-refractivity contribution in [1.82, 2.24) is 9.88 Å². The average molecular weight is 566 g/mol. The van der Waals surface area contributed by atoms with Crippen molar-refractivity contribution in [3.8, 4) is 17.4 Å². The van der Waals surface area contributed by atoms with Crippen molar-refractivity contribution in [2.45, 2.75) is 44.6 Å². The Morgan fingerprint density at radius 1 is 1.08 bits per heavy atom. The van der Waals surface area contributed by atoms with Gasteiger partial charge in [0.25, 0.3) is 5.89 Å². The van der Waals surface area contributed by atoms with Gasteiger partial charge >= 0.3 is 0 Å². The first-order valence-electron chi connectivity index (χ1n) is 12.3. The number of nitrogens with zero attached hydrogens (tertiary/aromatic N) is 2. The molecule has 0 amide bonds. The third-order valence-electron chi connectivity index (χ3n) is 6.73. The molecule has 0 unspecified atom stereocenters. The number of aromatic nitrogens is 1. The number of β-amino-alcohol motifs (C(OH)–C–C–N with tert-alkyl or cyclic N) is 1. The zero-order valence-electron chi connectivity index (χ0n) is 20.8. The fraction of sp³-hybridized carbons (Fsp3) is 0.393. The van der Waals surface area contributed by atoms with Gasteiger partial charge in [-0.1, -0.05) is 49.2 Å². The van der Waals surface area contributed by atoms with E-state index < -0.39 is 6.10 Å². The molecule has 5 rings (SSSR count). The molecule has 1 atom stereocenters. The van der Waals surface area contributed by atoms with E-state index in [0.29, 0.717) is 45.5 Å². The molecule has 0 radical (unpaired) electrons. The van der Waals surface area contributed by atoms with Crippen molar-refractivity contribution in [2.24, 2.45) is 0 Å². The van der Waals surface area contributed by atoms with E-state index in [1.165, 1.54) is 5.56 Å². The highest BCUT2D eigenvalue weighted by molar-refractivity contribution is 6.42. The van der Waals surface area contributed by atoms with Crippen molar-refractivity contribution in [3.05, 3.63) is 70.0 Å². The Balaban J connectivity index is 0.00000320. The van der Waals surface area contributed by atoms with Crippen molar-refractivity contribution < 1.29 is 18.7 Å². The third kappa shape index (κ3) is 6.44. The van der Waals surface area contributed by atoms with Crippen molar-refractivity contribution in [1.29, 1.82) is 0 Å². The Kier molecular flexibility index (Phi) is 9.09.